The van der Waals surface area contributed by atoms with E-state index in [1.165, 1.54) is 19.3 Å². The van der Waals surface area contributed by atoms with Crippen LogP contribution in [0.4, 0.5) is 0 Å². The van der Waals surface area contributed by atoms with Crippen molar-refractivity contribution in [2.45, 2.75) is 52.1 Å². The normalized spacial score (nSPS) is 28.6. The van der Waals surface area contributed by atoms with Gasteiger partial charge in [-0.1, -0.05) is 43.5 Å². The lowest BCUT2D eigenvalue weighted by Crippen LogP contribution is -2.34. The van der Waals surface area contributed by atoms with Gasteiger partial charge in [0.2, 0.25) is 0 Å². The fraction of sp³-hybridized carbons (Fsp3) is 0.625. The molecule has 0 bridgehead atoms. The number of nitrogens with one attached hydrogen (secondary N) is 1. The molecule has 1 nitrogen and oxygen atoms in total. The van der Waals surface area contributed by atoms with E-state index in [2.05, 4.69) is 26.1 Å². The highest BCUT2D eigenvalue weighted by atomic mass is 35.5. The quantitative estimate of drug-likeness (QED) is 0.777. The first-order valence-electron chi connectivity index (χ1n) is 7.24. The van der Waals surface area contributed by atoms with Gasteiger partial charge in [0.25, 0.3) is 0 Å². The van der Waals surface area contributed by atoms with Crippen LogP contribution in [-0.2, 0) is 0 Å². The maximum absolute atomic E-state index is 6.27. The van der Waals surface area contributed by atoms with Crippen molar-refractivity contribution in [2.24, 2.45) is 11.8 Å². The molecule has 0 saturated heterocycles. The van der Waals surface area contributed by atoms with E-state index in [1.807, 2.05) is 18.2 Å². The van der Waals surface area contributed by atoms with Crippen molar-refractivity contribution >= 4 is 23.2 Å². The molecule has 0 radical (unpaired) electrons. The van der Waals surface area contributed by atoms with Crippen LogP contribution in [0.2, 0.25) is 10.0 Å². The first kappa shape index (κ1) is 15.2. The van der Waals surface area contributed by atoms with E-state index >= 15 is 0 Å². The van der Waals surface area contributed by atoms with Gasteiger partial charge in [0, 0.05) is 22.1 Å². The van der Waals surface area contributed by atoms with Crippen molar-refractivity contribution in [3.05, 3.63) is 33.8 Å². The molecule has 0 heterocycles. The first-order chi connectivity index (χ1) is 9.02. The molecular formula is C16H23Cl2N. The van der Waals surface area contributed by atoms with E-state index in [4.69, 9.17) is 23.2 Å². The summed E-state index contributed by atoms with van der Waals surface area (Å²) in [5.41, 5.74) is 1.10. The fourth-order valence-corrected chi connectivity index (χ4v) is 3.78. The molecule has 4 atom stereocenters. The Kier molecular flexibility index (Phi) is 5.16. The Balaban J connectivity index is 2.05. The van der Waals surface area contributed by atoms with Crippen molar-refractivity contribution in [1.82, 2.24) is 5.32 Å². The second kappa shape index (κ2) is 6.47. The molecule has 1 aromatic rings. The van der Waals surface area contributed by atoms with Crippen molar-refractivity contribution in [1.29, 1.82) is 0 Å². The Bertz CT molecular complexity index is 433. The zero-order valence-corrected chi connectivity index (χ0v) is 13.4. The Hall–Kier alpha value is -0.240. The molecule has 0 amide bonds. The van der Waals surface area contributed by atoms with Crippen LogP contribution in [0.5, 0.6) is 0 Å². The minimum atomic E-state index is 0.245. The lowest BCUT2D eigenvalue weighted by Gasteiger charge is -2.26. The van der Waals surface area contributed by atoms with E-state index in [1.54, 1.807) is 0 Å². The number of rotatable bonds is 4. The Morgan fingerprint density at radius 3 is 2.68 bits per heavy atom. The van der Waals surface area contributed by atoms with Crippen molar-refractivity contribution < 1.29 is 0 Å². The lowest BCUT2D eigenvalue weighted by molar-refractivity contribution is 0.327. The molecule has 1 fully saturated rings. The van der Waals surface area contributed by atoms with E-state index in [0.29, 0.717) is 6.04 Å². The minimum Gasteiger partial charge on any atom is -0.307 e. The molecule has 19 heavy (non-hydrogen) atoms. The molecule has 1 aliphatic rings. The highest BCUT2D eigenvalue weighted by Gasteiger charge is 2.32. The van der Waals surface area contributed by atoms with Crippen molar-refractivity contribution in [2.75, 3.05) is 0 Å². The molecule has 1 aliphatic carbocycles. The summed E-state index contributed by atoms with van der Waals surface area (Å²) in [6, 6.07) is 6.53. The first-order valence-corrected chi connectivity index (χ1v) is 7.99. The highest BCUT2D eigenvalue weighted by Crippen LogP contribution is 2.36. The van der Waals surface area contributed by atoms with Crippen LogP contribution in [0.3, 0.4) is 0 Å². The summed E-state index contributed by atoms with van der Waals surface area (Å²) in [5, 5.41) is 5.28. The van der Waals surface area contributed by atoms with Crippen LogP contribution < -0.4 is 5.32 Å². The maximum Gasteiger partial charge on any atom is 0.0454 e. The Morgan fingerprint density at radius 2 is 2.05 bits per heavy atom. The molecule has 106 valence electrons. The molecule has 3 heteroatoms. The second-order valence-electron chi connectivity index (χ2n) is 5.77. The third kappa shape index (κ3) is 3.45. The summed E-state index contributed by atoms with van der Waals surface area (Å²) in [6.45, 7) is 6.83. The second-order valence-corrected chi connectivity index (χ2v) is 6.61. The smallest absolute Gasteiger partial charge is 0.0454 e. The average molecular weight is 300 g/mol. The van der Waals surface area contributed by atoms with Crippen LogP contribution in [-0.4, -0.2) is 6.04 Å². The van der Waals surface area contributed by atoms with Gasteiger partial charge in [-0.15, -0.1) is 0 Å². The molecule has 1 saturated carbocycles. The van der Waals surface area contributed by atoms with Crippen LogP contribution in [0.25, 0.3) is 0 Å². The zero-order chi connectivity index (χ0) is 14.0. The number of halogens is 2. The van der Waals surface area contributed by atoms with Gasteiger partial charge in [-0.05, 0) is 55.4 Å². The summed E-state index contributed by atoms with van der Waals surface area (Å²) in [4.78, 5) is 0. The van der Waals surface area contributed by atoms with Crippen LogP contribution in [0.1, 0.15) is 51.6 Å². The minimum absolute atomic E-state index is 0.245. The lowest BCUT2D eigenvalue weighted by atomic mass is 9.93. The molecule has 4 unspecified atom stereocenters. The number of hydrogen-bond donors (Lipinski definition) is 1. The van der Waals surface area contributed by atoms with Gasteiger partial charge in [0.05, 0.1) is 0 Å². The summed E-state index contributed by atoms with van der Waals surface area (Å²) in [6.07, 6.45) is 3.89. The Labute approximate surface area is 126 Å². The monoisotopic (exact) mass is 299 g/mol. The van der Waals surface area contributed by atoms with E-state index in [9.17, 15) is 0 Å². The summed E-state index contributed by atoms with van der Waals surface area (Å²) in [5.74, 6) is 1.60. The molecule has 0 aromatic heterocycles. The van der Waals surface area contributed by atoms with Gasteiger partial charge in [-0.2, -0.15) is 0 Å². The summed E-state index contributed by atoms with van der Waals surface area (Å²) in [7, 11) is 0. The summed E-state index contributed by atoms with van der Waals surface area (Å²) >= 11 is 12.3. The SMILES string of the molecule is CCC1CCC(NC(C)c2cc(Cl)ccc2Cl)C1C. The molecule has 1 aromatic carbocycles. The van der Waals surface area contributed by atoms with Gasteiger partial charge < -0.3 is 5.32 Å². The van der Waals surface area contributed by atoms with E-state index in [0.717, 1.165) is 27.4 Å². The molecule has 1 N–H and O–H groups in total. The van der Waals surface area contributed by atoms with Gasteiger partial charge in [-0.3, -0.25) is 0 Å². The third-order valence-corrected chi connectivity index (χ3v) is 5.22. The van der Waals surface area contributed by atoms with Gasteiger partial charge in [0.1, 0.15) is 0 Å². The van der Waals surface area contributed by atoms with E-state index in [-0.39, 0.29) is 6.04 Å². The molecule has 2 rings (SSSR count). The third-order valence-electron chi connectivity index (χ3n) is 4.64. The fourth-order valence-electron chi connectivity index (χ4n) is 3.32. The standard InChI is InChI=1S/C16H23Cl2N/c1-4-12-5-8-16(10(12)2)19-11(3)14-9-13(17)6-7-15(14)18/h6-7,9-12,16,19H,4-5,8H2,1-3H3. The number of hydrogen-bond acceptors (Lipinski definition) is 1. The highest BCUT2D eigenvalue weighted by molar-refractivity contribution is 6.33. The average Bonchev–Trinajstić information content (AvgIpc) is 2.73. The summed E-state index contributed by atoms with van der Waals surface area (Å²) < 4.78 is 0. The predicted molar refractivity (Wildman–Crippen MR) is 84.0 cm³/mol. The van der Waals surface area contributed by atoms with Crippen LogP contribution in [0, 0.1) is 11.8 Å². The maximum atomic E-state index is 6.27. The number of benzene rings is 1. The zero-order valence-electron chi connectivity index (χ0n) is 11.9. The van der Waals surface area contributed by atoms with Gasteiger partial charge in [0.15, 0.2) is 0 Å². The molecule has 0 spiro atoms. The molecule has 0 aliphatic heterocycles. The van der Waals surface area contributed by atoms with Crippen LogP contribution in [0.15, 0.2) is 18.2 Å². The predicted octanol–water partition coefficient (Wildman–Crippen LogP) is 5.47. The Morgan fingerprint density at radius 1 is 1.32 bits per heavy atom. The van der Waals surface area contributed by atoms with Gasteiger partial charge >= 0.3 is 0 Å². The molecular weight excluding hydrogens is 277 g/mol. The van der Waals surface area contributed by atoms with E-state index < -0.39 is 0 Å². The van der Waals surface area contributed by atoms with Gasteiger partial charge in [-0.25, -0.2) is 0 Å². The van der Waals surface area contributed by atoms with Crippen molar-refractivity contribution in [3.8, 4) is 0 Å². The largest absolute Gasteiger partial charge is 0.307 e. The van der Waals surface area contributed by atoms with Crippen LogP contribution >= 0.6 is 23.2 Å². The van der Waals surface area contributed by atoms with Crippen molar-refractivity contribution in [3.63, 3.8) is 0 Å². The topological polar surface area (TPSA) is 12.0 Å².